The van der Waals surface area contributed by atoms with Crippen LogP contribution in [0.3, 0.4) is 0 Å². The van der Waals surface area contributed by atoms with Crippen LogP contribution < -0.4 is 0 Å². The molecule has 0 bridgehead atoms. The Morgan fingerprint density at radius 3 is 1.31 bits per heavy atom. The Kier molecular flexibility index (Phi) is 10.2. The van der Waals surface area contributed by atoms with Gasteiger partial charge in [-0.1, -0.05) is 37.4 Å². The molecule has 0 amide bonds. The summed E-state index contributed by atoms with van der Waals surface area (Å²) in [6.45, 7) is 5.40. The molecule has 12 nitrogen and oxygen atoms in total. The van der Waals surface area contributed by atoms with E-state index in [2.05, 4.69) is 22.2 Å². The third-order valence-electron chi connectivity index (χ3n) is 4.06. The molecule has 14 heteroatoms. The van der Waals surface area contributed by atoms with Gasteiger partial charge in [-0.2, -0.15) is 0 Å². The van der Waals surface area contributed by atoms with E-state index in [-0.39, 0.29) is 22.3 Å². The monoisotopic (exact) mass is 494 g/mol. The van der Waals surface area contributed by atoms with Gasteiger partial charge in [-0.15, -0.1) is 0 Å². The summed E-state index contributed by atoms with van der Waals surface area (Å²) in [5, 5.41) is 17.8. The molecule has 0 aliphatic rings. The van der Waals surface area contributed by atoms with E-state index in [0.717, 1.165) is 14.2 Å². The molecule has 0 heterocycles. The van der Waals surface area contributed by atoms with E-state index >= 15 is 0 Å². The van der Waals surface area contributed by atoms with Crippen molar-refractivity contribution in [3.8, 4) is 0 Å². The highest BCUT2D eigenvalue weighted by Crippen LogP contribution is 2.58. The van der Waals surface area contributed by atoms with Crippen LogP contribution in [0, 0.1) is 0 Å². The second-order valence-electron chi connectivity index (χ2n) is 6.30. The molecule has 4 N–H and O–H groups in total. The summed E-state index contributed by atoms with van der Waals surface area (Å²) in [6, 6.07) is 5.07. The smallest absolute Gasteiger partial charge is 0.360 e. The van der Waals surface area contributed by atoms with Gasteiger partial charge in [0.2, 0.25) is 0 Å². The molecule has 0 aromatic heterocycles. The number of hydrogen-bond acceptors (Lipinski definition) is 8. The van der Waals surface area contributed by atoms with Crippen LogP contribution in [0.5, 0.6) is 0 Å². The van der Waals surface area contributed by atoms with Gasteiger partial charge >= 0.3 is 27.1 Å². The van der Waals surface area contributed by atoms with E-state index in [1.54, 1.807) is 0 Å². The predicted octanol–water partition coefficient (Wildman–Crippen LogP) is 2.66. The van der Waals surface area contributed by atoms with Crippen LogP contribution >= 0.6 is 15.2 Å². The first-order chi connectivity index (χ1) is 14.8. The number of hydrogen-bond donors (Lipinski definition) is 4. The first-order valence-electron chi connectivity index (χ1n) is 8.68. The van der Waals surface area contributed by atoms with Crippen LogP contribution in [-0.4, -0.2) is 59.4 Å². The lowest BCUT2D eigenvalue weighted by Gasteiger charge is -2.24. The van der Waals surface area contributed by atoms with Crippen molar-refractivity contribution < 1.29 is 57.2 Å². The van der Waals surface area contributed by atoms with Gasteiger partial charge in [0.05, 0.1) is 24.4 Å². The van der Waals surface area contributed by atoms with Gasteiger partial charge in [0.1, 0.15) is 0 Å². The van der Waals surface area contributed by atoms with E-state index in [1.807, 2.05) is 0 Å². The minimum atomic E-state index is -4.40. The molecule has 0 aliphatic heterocycles. The molecular weight excluding hydrogens is 470 g/mol. The molecule has 0 spiro atoms. The number of benzene rings is 1. The Balaban J connectivity index is 3.24. The van der Waals surface area contributed by atoms with Crippen molar-refractivity contribution in [3.63, 3.8) is 0 Å². The molecule has 178 valence electrons. The molecule has 0 saturated heterocycles. The van der Waals surface area contributed by atoms with Crippen molar-refractivity contribution >= 4 is 27.1 Å². The quantitative estimate of drug-likeness (QED) is 0.219. The van der Waals surface area contributed by atoms with Gasteiger partial charge < -0.3 is 38.5 Å². The maximum atomic E-state index is 12.4. The summed E-state index contributed by atoms with van der Waals surface area (Å²) < 4.78 is 44.4. The Labute approximate surface area is 183 Å². The lowest BCUT2D eigenvalue weighted by atomic mass is 10.1. The maximum absolute atomic E-state index is 12.4. The Hall–Kier alpha value is -2.14. The minimum Gasteiger partial charge on any atom is -0.478 e. The molecule has 1 aromatic rings. The van der Waals surface area contributed by atoms with Crippen molar-refractivity contribution in [2.75, 3.05) is 27.4 Å². The van der Waals surface area contributed by atoms with Crippen molar-refractivity contribution in [1.29, 1.82) is 0 Å². The second-order valence-corrected chi connectivity index (χ2v) is 10.2. The Bertz CT molecular complexity index is 878. The Morgan fingerprint density at radius 2 is 1.09 bits per heavy atom. The molecule has 32 heavy (non-hydrogen) atoms. The van der Waals surface area contributed by atoms with E-state index in [0.29, 0.717) is 0 Å². The first kappa shape index (κ1) is 27.9. The molecule has 4 unspecified atom stereocenters. The fourth-order valence-electron chi connectivity index (χ4n) is 2.26. The van der Waals surface area contributed by atoms with Gasteiger partial charge in [0, 0.05) is 14.2 Å². The molecule has 0 radical (unpaired) electrons. The highest BCUT2D eigenvalue weighted by Gasteiger charge is 2.37. The number of carboxylic acid groups (broad SMARTS) is 2. The largest absolute Gasteiger partial charge is 0.478 e. The summed E-state index contributed by atoms with van der Waals surface area (Å²) in [6.07, 6.45) is 0. The molecule has 1 aromatic carbocycles. The van der Waals surface area contributed by atoms with E-state index in [9.17, 15) is 28.5 Å². The molecule has 0 saturated carbocycles. The summed E-state index contributed by atoms with van der Waals surface area (Å²) in [5.74, 6) is -5.89. The van der Waals surface area contributed by atoms with Crippen LogP contribution in [0.4, 0.5) is 0 Å². The lowest BCUT2D eigenvalue weighted by molar-refractivity contribution is -0.134. The fourth-order valence-corrected chi connectivity index (χ4v) is 4.26. The van der Waals surface area contributed by atoms with E-state index < -0.39 is 52.0 Å². The van der Waals surface area contributed by atoms with E-state index in [1.165, 1.54) is 24.3 Å². The highest BCUT2D eigenvalue weighted by molar-refractivity contribution is 7.53. The standard InChI is InChI=1S/C18H24O12P2/c1-11(15(19)20)9-29-17(31(23,24)27-3)13-5-7-14(8-6-13)18(32(25,26)28-4)30-10-12(2)16(21)22/h5-8,17-18H,1-2,9-10H2,3-4H3,(H,19,20)(H,21,22)(H,23,24)(H,25,26). The third-order valence-corrected chi connectivity index (χ3v) is 7.18. The van der Waals surface area contributed by atoms with Gasteiger partial charge in [-0.3, -0.25) is 9.13 Å². The maximum Gasteiger partial charge on any atom is 0.360 e. The SMILES string of the molecule is C=C(COC(c1ccc(C(OCC(=C)C(=O)O)P(=O)(O)OC)cc1)P(=O)(O)OC)C(=O)O. The minimum absolute atomic E-state index is 0.0820. The van der Waals surface area contributed by atoms with Crippen LogP contribution in [0.15, 0.2) is 48.6 Å². The summed E-state index contributed by atoms with van der Waals surface area (Å²) in [7, 11) is -6.86. The van der Waals surface area contributed by atoms with Gasteiger partial charge in [0.15, 0.2) is 11.7 Å². The fraction of sp³-hybridized carbons (Fsp3) is 0.333. The average molecular weight is 494 g/mol. The summed E-state index contributed by atoms with van der Waals surface area (Å²) in [4.78, 5) is 41.9. The van der Waals surface area contributed by atoms with Crippen molar-refractivity contribution in [1.82, 2.24) is 0 Å². The predicted molar refractivity (Wildman–Crippen MR) is 111 cm³/mol. The average Bonchev–Trinajstić information content (AvgIpc) is 2.74. The van der Waals surface area contributed by atoms with Gasteiger partial charge in [-0.05, 0) is 11.1 Å². The number of ether oxygens (including phenoxy) is 2. The third kappa shape index (κ3) is 7.47. The van der Waals surface area contributed by atoms with Gasteiger partial charge in [-0.25, -0.2) is 9.59 Å². The molecule has 0 fully saturated rings. The molecule has 1 rings (SSSR count). The number of aliphatic carboxylic acids is 2. The van der Waals surface area contributed by atoms with Crippen molar-refractivity contribution in [2.24, 2.45) is 0 Å². The van der Waals surface area contributed by atoms with E-state index in [4.69, 9.17) is 19.7 Å². The van der Waals surface area contributed by atoms with Crippen LogP contribution in [0.25, 0.3) is 0 Å². The zero-order valence-electron chi connectivity index (χ0n) is 17.2. The summed E-state index contributed by atoms with van der Waals surface area (Å²) >= 11 is 0. The van der Waals surface area contributed by atoms with Crippen LogP contribution in [-0.2, 0) is 37.2 Å². The zero-order valence-corrected chi connectivity index (χ0v) is 19.0. The zero-order chi connectivity index (χ0) is 24.7. The Morgan fingerprint density at radius 1 is 0.812 bits per heavy atom. The van der Waals surface area contributed by atoms with Crippen LogP contribution in [0.1, 0.15) is 22.8 Å². The highest BCUT2D eigenvalue weighted by atomic mass is 31.2. The van der Waals surface area contributed by atoms with Gasteiger partial charge in [0.25, 0.3) is 0 Å². The molecular formula is C18H24O12P2. The second kappa shape index (κ2) is 11.6. The number of carboxylic acids is 2. The topological polar surface area (TPSA) is 186 Å². The van der Waals surface area contributed by atoms with Crippen molar-refractivity contribution in [3.05, 3.63) is 59.7 Å². The summed E-state index contributed by atoms with van der Waals surface area (Å²) in [5.41, 5.74) is -0.565. The normalized spacial score (nSPS) is 16.9. The number of carbonyl (C=O) groups is 2. The number of rotatable bonds is 14. The molecule has 0 aliphatic carbocycles. The van der Waals surface area contributed by atoms with Crippen LogP contribution in [0.2, 0.25) is 0 Å². The molecule has 4 atom stereocenters. The van der Waals surface area contributed by atoms with Crippen molar-refractivity contribution in [2.45, 2.75) is 11.7 Å². The first-order valence-corrected chi connectivity index (χ1v) is 12.0. The lowest BCUT2D eigenvalue weighted by Crippen LogP contribution is -2.14.